The van der Waals surface area contributed by atoms with E-state index in [-0.39, 0.29) is 37.1 Å². The molecule has 0 atom stereocenters. The Kier molecular flexibility index (Phi) is 7.03. The molecule has 172 valence electrons. The standard InChI is InChI=1S/C20H22F3N5O4/c1-28(2)8-9-31-18-12(6-7-15(27-18)20(21,22)23)10-24-19(30)26-14-5-3-4-13-17(14)32-11-16(29)25-13/h3-7H,8-11H2,1-2H3,(H,25,29)(H2,24,26,30). The molecule has 1 aliphatic heterocycles. The van der Waals surface area contributed by atoms with E-state index in [1.165, 1.54) is 6.07 Å². The molecular formula is C20H22F3N5O4. The minimum Gasteiger partial charge on any atom is -0.479 e. The van der Waals surface area contributed by atoms with Crippen molar-refractivity contribution in [2.75, 3.05) is 44.5 Å². The molecule has 0 fully saturated rings. The quantitative estimate of drug-likeness (QED) is 0.596. The number of pyridine rings is 1. The van der Waals surface area contributed by atoms with Crippen molar-refractivity contribution < 1.29 is 32.2 Å². The van der Waals surface area contributed by atoms with Gasteiger partial charge in [-0.1, -0.05) is 6.07 Å². The van der Waals surface area contributed by atoms with Crippen LogP contribution in [0.3, 0.4) is 0 Å². The molecule has 3 rings (SSSR count). The third-order valence-electron chi connectivity index (χ3n) is 4.33. The fourth-order valence-electron chi connectivity index (χ4n) is 2.77. The molecule has 2 heterocycles. The largest absolute Gasteiger partial charge is 0.479 e. The van der Waals surface area contributed by atoms with Gasteiger partial charge in [0.25, 0.3) is 5.91 Å². The van der Waals surface area contributed by atoms with Crippen molar-refractivity contribution in [1.82, 2.24) is 15.2 Å². The average molecular weight is 453 g/mol. The van der Waals surface area contributed by atoms with Crippen LogP contribution in [0.5, 0.6) is 11.6 Å². The number of halogens is 3. The fraction of sp³-hybridized carbons (Fsp3) is 0.350. The number of hydrogen-bond donors (Lipinski definition) is 3. The number of likely N-dealkylation sites (N-methyl/N-ethyl adjacent to an activating group) is 1. The number of alkyl halides is 3. The molecule has 0 aliphatic carbocycles. The van der Waals surface area contributed by atoms with Crippen molar-refractivity contribution in [2.24, 2.45) is 0 Å². The third kappa shape index (κ3) is 6.00. The molecule has 0 radical (unpaired) electrons. The van der Waals surface area contributed by atoms with Crippen molar-refractivity contribution in [1.29, 1.82) is 0 Å². The topological polar surface area (TPSA) is 105 Å². The normalized spacial score (nSPS) is 13.1. The molecule has 12 heteroatoms. The van der Waals surface area contributed by atoms with Crippen molar-refractivity contribution >= 4 is 23.3 Å². The Labute approximate surface area is 181 Å². The molecule has 1 aliphatic rings. The number of rotatable bonds is 7. The number of carbonyl (C=O) groups is 2. The van der Waals surface area contributed by atoms with E-state index >= 15 is 0 Å². The maximum atomic E-state index is 13.0. The minimum absolute atomic E-state index is 0.124. The zero-order valence-electron chi connectivity index (χ0n) is 17.4. The van der Waals surface area contributed by atoms with Crippen molar-refractivity contribution in [3.63, 3.8) is 0 Å². The molecule has 9 nitrogen and oxygen atoms in total. The number of nitrogens with zero attached hydrogens (tertiary/aromatic N) is 2. The zero-order chi connectivity index (χ0) is 23.3. The fourth-order valence-corrected chi connectivity index (χ4v) is 2.77. The monoisotopic (exact) mass is 453 g/mol. The lowest BCUT2D eigenvalue weighted by Crippen LogP contribution is -2.30. The zero-order valence-corrected chi connectivity index (χ0v) is 17.4. The van der Waals surface area contributed by atoms with Crippen LogP contribution in [0.25, 0.3) is 0 Å². The number of hydrogen-bond acceptors (Lipinski definition) is 6. The number of anilines is 2. The van der Waals surface area contributed by atoms with E-state index < -0.39 is 17.9 Å². The number of fused-ring (bicyclic) bond motifs is 1. The van der Waals surface area contributed by atoms with Crippen LogP contribution in [0.4, 0.5) is 29.3 Å². The van der Waals surface area contributed by atoms with Gasteiger partial charge in [0.05, 0.1) is 11.4 Å². The Bertz CT molecular complexity index is 998. The summed E-state index contributed by atoms with van der Waals surface area (Å²) in [6.45, 7) is 0.291. The Morgan fingerprint density at radius 1 is 1.28 bits per heavy atom. The molecular weight excluding hydrogens is 431 g/mol. The smallest absolute Gasteiger partial charge is 0.433 e. The molecule has 0 unspecified atom stereocenters. The Morgan fingerprint density at radius 3 is 2.78 bits per heavy atom. The molecule has 3 amide bonds. The molecule has 32 heavy (non-hydrogen) atoms. The average Bonchev–Trinajstić information content (AvgIpc) is 2.71. The summed E-state index contributed by atoms with van der Waals surface area (Å²) in [5.74, 6) is -0.202. The maximum Gasteiger partial charge on any atom is 0.433 e. The summed E-state index contributed by atoms with van der Waals surface area (Å²) in [6.07, 6.45) is -4.62. The summed E-state index contributed by atoms with van der Waals surface area (Å²) in [6, 6.07) is 6.26. The second-order valence-corrected chi connectivity index (χ2v) is 7.14. The SMILES string of the molecule is CN(C)CCOc1nc(C(F)(F)F)ccc1CNC(=O)Nc1cccc2c1OCC(=O)N2. The van der Waals surface area contributed by atoms with E-state index in [1.54, 1.807) is 32.3 Å². The summed E-state index contributed by atoms with van der Waals surface area (Å²) in [5, 5.41) is 7.78. The van der Waals surface area contributed by atoms with Crippen LogP contribution in [-0.4, -0.2) is 55.7 Å². The summed E-state index contributed by atoms with van der Waals surface area (Å²) >= 11 is 0. The number of para-hydroxylation sites is 1. The Morgan fingerprint density at radius 2 is 2.06 bits per heavy atom. The number of ether oxygens (including phenoxy) is 2. The van der Waals surface area contributed by atoms with Crippen LogP contribution in [0.1, 0.15) is 11.3 Å². The van der Waals surface area contributed by atoms with E-state index in [0.717, 1.165) is 6.07 Å². The maximum absolute atomic E-state index is 13.0. The second kappa shape index (κ2) is 9.73. The predicted octanol–water partition coefficient (Wildman–Crippen LogP) is 2.69. The van der Waals surface area contributed by atoms with Gasteiger partial charge in [-0.3, -0.25) is 4.79 Å². The first kappa shape index (κ1) is 23.1. The van der Waals surface area contributed by atoms with Crippen molar-refractivity contribution in [3.05, 3.63) is 41.6 Å². The number of carbonyl (C=O) groups excluding carboxylic acids is 2. The van der Waals surface area contributed by atoms with Crippen LogP contribution in [0.15, 0.2) is 30.3 Å². The second-order valence-electron chi connectivity index (χ2n) is 7.14. The van der Waals surface area contributed by atoms with Gasteiger partial charge < -0.3 is 30.3 Å². The van der Waals surface area contributed by atoms with Crippen LogP contribution >= 0.6 is 0 Å². The van der Waals surface area contributed by atoms with Crippen LogP contribution < -0.4 is 25.4 Å². The highest BCUT2D eigenvalue weighted by molar-refractivity contribution is 5.99. The van der Waals surface area contributed by atoms with Gasteiger partial charge in [0, 0.05) is 18.7 Å². The van der Waals surface area contributed by atoms with E-state index in [4.69, 9.17) is 9.47 Å². The Balaban J connectivity index is 1.68. The van der Waals surface area contributed by atoms with Gasteiger partial charge in [0.1, 0.15) is 12.3 Å². The van der Waals surface area contributed by atoms with Gasteiger partial charge >= 0.3 is 12.2 Å². The van der Waals surface area contributed by atoms with E-state index in [1.807, 2.05) is 4.90 Å². The molecule has 3 N–H and O–H groups in total. The molecule has 1 aromatic carbocycles. The van der Waals surface area contributed by atoms with Crippen LogP contribution in [0.2, 0.25) is 0 Å². The predicted molar refractivity (Wildman–Crippen MR) is 110 cm³/mol. The first-order chi connectivity index (χ1) is 15.1. The molecule has 0 bridgehead atoms. The number of aromatic nitrogens is 1. The molecule has 0 saturated heterocycles. The first-order valence-electron chi connectivity index (χ1n) is 9.58. The highest BCUT2D eigenvalue weighted by atomic mass is 19.4. The number of nitrogens with one attached hydrogen (secondary N) is 3. The van der Waals surface area contributed by atoms with Crippen LogP contribution in [-0.2, 0) is 17.5 Å². The lowest BCUT2D eigenvalue weighted by molar-refractivity contribution is -0.141. The Hall–Kier alpha value is -3.54. The minimum atomic E-state index is -4.62. The molecule has 0 spiro atoms. The number of benzene rings is 1. The third-order valence-corrected chi connectivity index (χ3v) is 4.33. The van der Waals surface area contributed by atoms with Crippen molar-refractivity contribution in [2.45, 2.75) is 12.7 Å². The van der Waals surface area contributed by atoms with Crippen LogP contribution in [0, 0.1) is 0 Å². The van der Waals surface area contributed by atoms with Crippen molar-refractivity contribution in [3.8, 4) is 11.6 Å². The highest BCUT2D eigenvalue weighted by Gasteiger charge is 2.33. The molecule has 1 aromatic heterocycles. The summed E-state index contributed by atoms with van der Waals surface area (Å²) < 4.78 is 49.9. The number of urea groups is 1. The van der Waals surface area contributed by atoms with Gasteiger partial charge in [0.15, 0.2) is 12.4 Å². The van der Waals surface area contributed by atoms with E-state index in [2.05, 4.69) is 20.9 Å². The first-order valence-corrected chi connectivity index (χ1v) is 9.58. The van der Waals surface area contributed by atoms with Gasteiger partial charge in [-0.2, -0.15) is 13.2 Å². The van der Waals surface area contributed by atoms with E-state index in [9.17, 15) is 22.8 Å². The summed E-state index contributed by atoms with van der Waals surface area (Å²) in [4.78, 5) is 29.2. The lowest BCUT2D eigenvalue weighted by Gasteiger charge is -2.21. The number of amides is 3. The molecule has 0 saturated carbocycles. The summed E-state index contributed by atoms with van der Waals surface area (Å²) in [5.41, 5.74) is -0.0539. The van der Waals surface area contributed by atoms with Gasteiger partial charge in [-0.05, 0) is 38.4 Å². The van der Waals surface area contributed by atoms with Gasteiger partial charge in [-0.15, -0.1) is 0 Å². The van der Waals surface area contributed by atoms with Gasteiger partial charge in [0.2, 0.25) is 5.88 Å². The van der Waals surface area contributed by atoms with Gasteiger partial charge in [-0.25, -0.2) is 9.78 Å². The van der Waals surface area contributed by atoms with E-state index in [0.29, 0.717) is 23.7 Å². The summed E-state index contributed by atoms with van der Waals surface area (Å²) in [7, 11) is 3.60. The lowest BCUT2D eigenvalue weighted by atomic mass is 10.2. The molecule has 2 aromatic rings. The highest BCUT2D eigenvalue weighted by Crippen LogP contribution is 2.35.